The van der Waals surface area contributed by atoms with Crippen molar-refractivity contribution in [3.63, 3.8) is 0 Å². The molecular formula is C32H28O9. The van der Waals surface area contributed by atoms with E-state index in [1.165, 1.54) is 24.3 Å². The summed E-state index contributed by atoms with van der Waals surface area (Å²) in [4.78, 5) is 12.8. The Labute approximate surface area is 234 Å². The van der Waals surface area contributed by atoms with Gasteiger partial charge in [-0.3, -0.25) is 4.79 Å². The van der Waals surface area contributed by atoms with Crippen LogP contribution in [0.25, 0.3) is 12.2 Å². The number of hydrogen-bond donors (Lipinski definition) is 8. The average molecular weight is 557 g/mol. The molecule has 0 saturated carbocycles. The highest BCUT2D eigenvalue weighted by Gasteiger charge is 2.55. The summed E-state index contributed by atoms with van der Waals surface area (Å²) in [5, 5.41) is 85.1. The molecule has 2 aromatic rings. The summed E-state index contributed by atoms with van der Waals surface area (Å²) < 4.78 is 0. The maximum Gasteiger partial charge on any atom is 0.170 e. The van der Waals surface area contributed by atoms with Crippen molar-refractivity contribution in [1.29, 1.82) is 0 Å². The molecule has 0 saturated heterocycles. The number of phenolic OH excluding ortho intramolecular Hbond substituents is 4. The van der Waals surface area contributed by atoms with E-state index in [1.807, 2.05) is 13.0 Å². The number of aliphatic hydroxyl groups excluding tert-OH is 4. The van der Waals surface area contributed by atoms with Crippen LogP contribution in [0.15, 0.2) is 88.3 Å². The van der Waals surface area contributed by atoms with E-state index in [2.05, 4.69) is 0 Å². The van der Waals surface area contributed by atoms with E-state index in [0.717, 1.165) is 17.7 Å². The molecule has 210 valence electrons. The standard InChI is InChI=1S/C32H28O9/c1-13-4-19(18-8-15(21(35)10-22(18)36)3-2-14-6-16(33)9-17(34)7-14)27-20(5-13)28-23(37)11-24(38)29-25(39)12-26(40)30(31(28)29)32(27)41/h2-4,6-12,19-20,27,29,31,33-38,40-41H,5H2,1H3/b3-2+. The van der Waals surface area contributed by atoms with Crippen LogP contribution in [0.2, 0.25) is 0 Å². The van der Waals surface area contributed by atoms with Gasteiger partial charge in [0.15, 0.2) is 5.78 Å². The van der Waals surface area contributed by atoms with E-state index >= 15 is 0 Å². The summed E-state index contributed by atoms with van der Waals surface area (Å²) in [6.45, 7) is 1.88. The normalized spacial score (nSPS) is 27.3. The number of allylic oxidation sites excluding steroid dienone is 8. The molecule has 0 aliphatic heterocycles. The molecule has 0 spiro atoms. The lowest BCUT2D eigenvalue weighted by molar-refractivity contribution is -0.119. The molecule has 0 fully saturated rings. The third kappa shape index (κ3) is 4.12. The summed E-state index contributed by atoms with van der Waals surface area (Å²) in [5.41, 5.74) is 2.51. The number of aromatic hydroxyl groups is 4. The van der Waals surface area contributed by atoms with E-state index in [1.54, 1.807) is 18.2 Å². The molecule has 5 atom stereocenters. The molecular weight excluding hydrogens is 528 g/mol. The van der Waals surface area contributed by atoms with Gasteiger partial charge in [-0.1, -0.05) is 23.8 Å². The minimum Gasteiger partial charge on any atom is -0.512 e. The number of carbonyl (C=O) groups is 1. The molecule has 5 unspecified atom stereocenters. The number of ketones is 1. The van der Waals surface area contributed by atoms with E-state index in [4.69, 9.17) is 0 Å². The monoisotopic (exact) mass is 556 g/mol. The predicted octanol–water partition coefficient (Wildman–Crippen LogP) is 5.70. The lowest BCUT2D eigenvalue weighted by Gasteiger charge is -2.48. The van der Waals surface area contributed by atoms with E-state index < -0.39 is 41.1 Å². The number of carbonyl (C=O) groups excluding carboxylic acids is 1. The van der Waals surface area contributed by atoms with Crippen molar-refractivity contribution in [2.45, 2.75) is 19.3 Å². The van der Waals surface area contributed by atoms with Crippen molar-refractivity contribution in [1.82, 2.24) is 0 Å². The summed E-state index contributed by atoms with van der Waals surface area (Å²) >= 11 is 0. The van der Waals surface area contributed by atoms with Crippen molar-refractivity contribution in [3.05, 3.63) is 105 Å². The number of phenols is 4. The zero-order chi connectivity index (χ0) is 29.3. The lowest BCUT2D eigenvalue weighted by Crippen LogP contribution is -2.44. The number of rotatable bonds is 3. The Kier molecular flexibility index (Phi) is 5.92. The van der Waals surface area contributed by atoms with Gasteiger partial charge in [-0.2, -0.15) is 0 Å². The van der Waals surface area contributed by atoms with Gasteiger partial charge in [0.2, 0.25) is 0 Å². The Morgan fingerprint density at radius 2 is 1.51 bits per heavy atom. The van der Waals surface area contributed by atoms with Gasteiger partial charge in [-0.25, -0.2) is 0 Å². The fourth-order valence-electron chi connectivity index (χ4n) is 6.87. The van der Waals surface area contributed by atoms with Crippen LogP contribution in [0.3, 0.4) is 0 Å². The van der Waals surface area contributed by atoms with Crippen molar-refractivity contribution in [2.24, 2.45) is 23.7 Å². The Bertz CT molecular complexity index is 1680. The molecule has 6 rings (SSSR count). The maximum atomic E-state index is 12.8. The van der Waals surface area contributed by atoms with Gasteiger partial charge in [0.1, 0.15) is 46.0 Å². The van der Waals surface area contributed by atoms with Crippen molar-refractivity contribution in [2.75, 3.05) is 0 Å². The number of benzene rings is 2. The zero-order valence-electron chi connectivity index (χ0n) is 21.9. The molecule has 9 heteroatoms. The average Bonchev–Trinajstić information content (AvgIpc) is 2.86. The molecule has 4 aliphatic carbocycles. The molecule has 4 aliphatic rings. The van der Waals surface area contributed by atoms with Gasteiger partial charge in [-0.05, 0) is 48.6 Å². The van der Waals surface area contributed by atoms with Crippen LogP contribution in [-0.2, 0) is 4.79 Å². The summed E-state index contributed by atoms with van der Waals surface area (Å²) in [7, 11) is 0. The van der Waals surface area contributed by atoms with E-state index in [9.17, 15) is 45.6 Å². The first kappa shape index (κ1) is 26.2. The second-order valence-electron chi connectivity index (χ2n) is 11.1. The number of aliphatic hydroxyl groups is 4. The minimum atomic E-state index is -1.07. The van der Waals surface area contributed by atoms with Crippen molar-refractivity contribution >= 4 is 17.9 Å². The van der Waals surface area contributed by atoms with Gasteiger partial charge in [0.05, 0.1) is 5.92 Å². The van der Waals surface area contributed by atoms with E-state index in [0.29, 0.717) is 28.7 Å². The fraction of sp³-hybridized carbons (Fsp3) is 0.219. The third-order valence-electron chi connectivity index (χ3n) is 8.47. The Morgan fingerprint density at radius 1 is 0.805 bits per heavy atom. The molecule has 2 aromatic carbocycles. The van der Waals surface area contributed by atoms with Crippen LogP contribution in [0.1, 0.15) is 36.0 Å². The summed E-state index contributed by atoms with van der Waals surface area (Å²) in [6, 6.07) is 6.78. The van der Waals surface area contributed by atoms with Gasteiger partial charge in [0.25, 0.3) is 0 Å². The van der Waals surface area contributed by atoms with Crippen molar-refractivity contribution in [3.8, 4) is 23.0 Å². The Hall–Kier alpha value is -5.05. The highest BCUT2D eigenvalue weighted by Crippen LogP contribution is 2.59. The quantitative estimate of drug-likeness (QED) is 0.174. The molecule has 8 N–H and O–H groups in total. The highest BCUT2D eigenvalue weighted by atomic mass is 16.3. The third-order valence-corrected chi connectivity index (χ3v) is 8.47. The first-order valence-corrected chi connectivity index (χ1v) is 13.1. The summed E-state index contributed by atoms with van der Waals surface area (Å²) in [6.07, 6.45) is 7.52. The molecule has 0 amide bonds. The minimum absolute atomic E-state index is 0.0529. The van der Waals surface area contributed by atoms with Crippen molar-refractivity contribution < 1.29 is 45.6 Å². The number of fused-ring (bicyclic) bond motifs is 2. The number of hydrogen-bond acceptors (Lipinski definition) is 9. The molecule has 0 aromatic heterocycles. The fourth-order valence-corrected chi connectivity index (χ4v) is 6.87. The van der Waals surface area contributed by atoms with Crippen LogP contribution in [0, 0.1) is 23.7 Å². The Morgan fingerprint density at radius 3 is 2.22 bits per heavy atom. The van der Waals surface area contributed by atoms with Gasteiger partial charge in [-0.15, -0.1) is 0 Å². The second kappa shape index (κ2) is 9.26. The highest BCUT2D eigenvalue weighted by molar-refractivity contribution is 5.97. The topological polar surface area (TPSA) is 179 Å². The maximum absolute atomic E-state index is 12.8. The molecule has 9 nitrogen and oxygen atoms in total. The zero-order valence-corrected chi connectivity index (χ0v) is 21.9. The lowest BCUT2D eigenvalue weighted by atomic mass is 9.55. The molecule has 41 heavy (non-hydrogen) atoms. The molecule has 0 heterocycles. The van der Waals surface area contributed by atoms with E-state index in [-0.39, 0.29) is 45.8 Å². The smallest absolute Gasteiger partial charge is 0.170 e. The first-order valence-electron chi connectivity index (χ1n) is 13.1. The summed E-state index contributed by atoms with van der Waals surface area (Å²) in [5.74, 6) is -6.44. The van der Waals surface area contributed by atoms with Crippen LogP contribution < -0.4 is 0 Å². The molecule has 0 radical (unpaired) electrons. The Balaban J connectivity index is 1.50. The van der Waals surface area contributed by atoms with Crippen LogP contribution in [0.4, 0.5) is 0 Å². The SMILES string of the molecule is CC1=CC(c2cc(/C=C/c3cc(O)cc(O)c3)c(O)cc2O)C2C(O)=C3C(O)=CC(=O)C4C(O)=CC(O)=C(C2C1)C34. The second-order valence-corrected chi connectivity index (χ2v) is 11.1. The van der Waals surface area contributed by atoms with Gasteiger partial charge in [0, 0.05) is 58.7 Å². The van der Waals surface area contributed by atoms with Crippen LogP contribution >= 0.6 is 0 Å². The van der Waals surface area contributed by atoms with Crippen LogP contribution in [0.5, 0.6) is 23.0 Å². The first-order chi connectivity index (χ1) is 19.4. The predicted molar refractivity (Wildman–Crippen MR) is 149 cm³/mol. The van der Waals surface area contributed by atoms with Gasteiger partial charge >= 0.3 is 0 Å². The largest absolute Gasteiger partial charge is 0.512 e. The van der Waals surface area contributed by atoms with Crippen LogP contribution in [-0.4, -0.2) is 46.6 Å². The molecule has 0 bridgehead atoms. The van der Waals surface area contributed by atoms with Gasteiger partial charge < -0.3 is 40.9 Å².